The first kappa shape index (κ1) is 17.5. The highest BCUT2D eigenvalue weighted by Gasteiger charge is 2.33. The molecule has 0 unspecified atom stereocenters. The second-order valence-electron chi connectivity index (χ2n) is 8.36. The van der Waals surface area contributed by atoms with Crippen molar-refractivity contribution in [2.24, 2.45) is 0 Å². The van der Waals surface area contributed by atoms with E-state index in [9.17, 15) is 0 Å². The van der Waals surface area contributed by atoms with E-state index in [0.717, 1.165) is 11.5 Å². The first-order valence-corrected chi connectivity index (χ1v) is 8.29. The van der Waals surface area contributed by atoms with E-state index in [4.69, 9.17) is 4.42 Å². The Bertz CT molecular complexity index is 660. The van der Waals surface area contributed by atoms with Gasteiger partial charge in [-0.1, -0.05) is 42.0 Å². The van der Waals surface area contributed by atoms with Gasteiger partial charge in [-0.2, -0.15) is 0 Å². The summed E-state index contributed by atoms with van der Waals surface area (Å²) in [5, 5.41) is 0. The van der Waals surface area contributed by atoms with Gasteiger partial charge in [-0.3, -0.25) is 0 Å². The fourth-order valence-corrected chi connectivity index (χ4v) is 2.23. The molecule has 23 heavy (non-hydrogen) atoms. The highest BCUT2D eigenvalue weighted by molar-refractivity contribution is 5.70. The van der Waals surface area contributed by atoms with Gasteiger partial charge in [0.1, 0.15) is 0 Å². The summed E-state index contributed by atoms with van der Waals surface area (Å²) in [7, 11) is 0. The molecule has 122 valence electrons. The molecule has 2 aromatic rings. The number of hydrogen-bond donors (Lipinski definition) is 0. The smallest absolute Gasteiger partial charge is 0.217 e. The van der Waals surface area contributed by atoms with Crippen LogP contribution in [0.15, 0.2) is 40.8 Å². The molecule has 1 aromatic carbocycles. The molecule has 1 heterocycles. The van der Waals surface area contributed by atoms with Gasteiger partial charge >= 0.3 is 11.5 Å². The van der Waals surface area contributed by atoms with Crippen molar-refractivity contribution in [3.8, 4) is 0 Å². The monoisotopic (exact) mass is 309 g/mol. The zero-order valence-corrected chi connectivity index (χ0v) is 15.5. The average Bonchev–Trinajstić information content (AvgIpc) is 2.44. The predicted octanol–water partition coefficient (Wildman–Crippen LogP) is 6.63. The Kier molecular flexibility index (Phi) is 4.79. The van der Waals surface area contributed by atoms with Crippen LogP contribution >= 0.6 is 0 Å². The number of aryl methyl sites for hydroxylation is 1. The second-order valence-corrected chi connectivity index (χ2v) is 8.36. The first-order chi connectivity index (χ1) is 10.6. The molecule has 0 atom stereocenters. The van der Waals surface area contributed by atoms with Crippen molar-refractivity contribution in [1.29, 1.82) is 0 Å². The zero-order chi connectivity index (χ0) is 17.3. The van der Waals surface area contributed by atoms with Crippen molar-refractivity contribution < 1.29 is 4.42 Å². The van der Waals surface area contributed by atoms with Crippen LogP contribution in [0.3, 0.4) is 0 Å². The molecule has 0 saturated carbocycles. The van der Waals surface area contributed by atoms with Gasteiger partial charge in [-0.15, -0.1) is 0 Å². The molecule has 0 spiro atoms. The quantitative estimate of drug-likeness (QED) is 0.566. The van der Waals surface area contributed by atoms with Crippen molar-refractivity contribution in [2.45, 2.75) is 59.3 Å². The molecular weight excluding hydrogens is 280 g/mol. The highest BCUT2D eigenvalue weighted by Crippen LogP contribution is 2.30. The Hall–Kier alpha value is -1.89. The van der Waals surface area contributed by atoms with Crippen LogP contribution in [0, 0.1) is 6.92 Å². The van der Waals surface area contributed by atoms with Crippen molar-refractivity contribution in [1.82, 2.24) is 0 Å². The lowest BCUT2D eigenvalue weighted by Crippen LogP contribution is -2.16. The highest BCUT2D eigenvalue weighted by atomic mass is 16.3. The van der Waals surface area contributed by atoms with Crippen LogP contribution in [0.1, 0.15) is 69.8 Å². The number of rotatable bonds is 2. The van der Waals surface area contributed by atoms with Crippen LogP contribution in [0.5, 0.6) is 0 Å². The fourth-order valence-electron chi connectivity index (χ4n) is 2.23. The lowest BCUT2D eigenvalue weighted by Gasteiger charge is -2.14. The Morgan fingerprint density at radius 3 is 1.57 bits per heavy atom. The summed E-state index contributed by atoms with van der Waals surface area (Å²) in [6.07, 6.45) is 4.33. The summed E-state index contributed by atoms with van der Waals surface area (Å²) in [5.41, 5.74) is 3.67. The van der Waals surface area contributed by atoms with Crippen molar-refractivity contribution in [2.75, 3.05) is 0 Å². The Morgan fingerprint density at radius 2 is 1.13 bits per heavy atom. The van der Waals surface area contributed by atoms with E-state index in [0.29, 0.717) is 0 Å². The molecule has 0 amide bonds. The van der Waals surface area contributed by atoms with Gasteiger partial charge in [0.05, 0.1) is 10.8 Å². The van der Waals surface area contributed by atoms with Gasteiger partial charge in [0.2, 0.25) is 0 Å². The summed E-state index contributed by atoms with van der Waals surface area (Å²) in [6.45, 7) is 15.2. The van der Waals surface area contributed by atoms with E-state index >= 15 is 0 Å². The molecule has 0 saturated heterocycles. The average molecular weight is 309 g/mol. The van der Waals surface area contributed by atoms with E-state index in [2.05, 4.69) is 97.0 Å². The van der Waals surface area contributed by atoms with Crippen LogP contribution in [0.2, 0.25) is 0 Å². The van der Waals surface area contributed by atoms with Gasteiger partial charge in [-0.05, 0) is 59.6 Å². The maximum absolute atomic E-state index is 6.18. The van der Waals surface area contributed by atoms with Crippen LogP contribution < -0.4 is 0 Å². The summed E-state index contributed by atoms with van der Waals surface area (Å²) in [4.78, 5) is 0. The maximum Gasteiger partial charge on any atom is 0.335 e. The molecule has 0 aliphatic carbocycles. The summed E-state index contributed by atoms with van der Waals surface area (Å²) >= 11 is 0. The molecule has 2 rings (SSSR count). The third kappa shape index (κ3) is 4.79. The number of benzene rings is 1. The molecule has 0 N–H and O–H groups in total. The van der Waals surface area contributed by atoms with Crippen LogP contribution in [-0.2, 0) is 10.8 Å². The Labute approximate surface area is 141 Å². The lowest BCUT2D eigenvalue weighted by molar-refractivity contribution is 0.328. The van der Waals surface area contributed by atoms with Gasteiger partial charge in [-0.25, -0.2) is 4.42 Å². The fraction of sp³-hybridized carbons (Fsp3) is 0.409. The molecule has 0 fully saturated rings. The lowest BCUT2D eigenvalue weighted by atomic mass is 9.88. The topological polar surface area (TPSA) is 11.3 Å². The van der Waals surface area contributed by atoms with E-state index in [-0.39, 0.29) is 10.8 Å². The van der Waals surface area contributed by atoms with Crippen molar-refractivity contribution in [3.05, 3.63) is 64.6 Å². The number of hydrogen-bond acceptors (Lipinski definition) is 0. The predicted molar refractivity (Wildman–Crippen MR) is 101 cm³/mol. The summed E-state index contributed by atoms with van der Waals surface area (Å²) in [6, 6.07) is 12.9. The molecular formula is C22H29O+. The molecule has 1 heteroatoms. The standard InChI is InChI=1S/C22H29O/c1-16-8-10-17(11-9-16)12-13-18-14-19(21(2,3)4)23-20(15-18)22(5,6)7/h8-15H,1-7H3/q+1. The molecule has 0 aliphatic heterocycles. The molecule has 0 aliphatic rings. The molecule has 1 nitrogen and oxygen atoms in total. The van der Waals surface area contributed by atoms with Crippen LogP contribution in [-0.4, -0.2) is 0 Å². The van der Waals surface area contributed by atoms with Crippen molar-refractivity contribution >= 4 is 12.2 Å². The minimum absolute atomic E-state index is 0.00624. The molecule has 0 bridgehead atoms. The minimum Gasteiger partial charge on any atom is -0.217 e. The van der Waals surface area contributed by atoms with Crippen LogP contribution in [0.25, 0.3) is 12.2 Å². The molecule has 0 radical (unpaired) electrons. The Balaban J connectivity index is 2.43. The van der Waals surface area contributed by atoms with Gasteiger partial charge in [0, 0.05) is 12.1 Å². The van der Waals surface area contributed by atoms with E-state index in [1.165, 1.54) is 16.7 Å². The van der Waals surface area contributed by atoms with E-state index in [1.54, 1.807) is 0 Å². The van der Waals surface area contributed by atoms with Crippen LogP contribution in [0.4, 0.5) is 0 Å². The van der Waals surface area contributed by atoms with E-state index in [1.807, 2.05) is 0 Å². The SMILES string of the molecule is Cc1ccc(C=Cc2cc(C(C)(C)C)[o+]c(C(C)(C)C)c2)cc1. The van der Waals surface area contributed by atoms with Crippen molar-refractivity contribution in [3.63, 3.8) is 0 Å². The van der Waals surface area contributed by atoms with Gasteiger partial charge in [0.25, 0.3) is 0 Å². The third-order valence-corrected chi connectivity index (χ3v) is 3.84. The zero-order valence-electron chi connectivity index (χ0n) is 15.5. The summed E-state index contributed by atoms with van der Waals surface area (Å²) in [5.74, 6) is 2.04. The third-order valence-electron chi connectivity index (χ3n) is 3.84. The maximum atomic E-state index is 6.18. The Morgan fingerprint density at radius 1 is 0.696 bits per heavy atom. The van der Waals surface area contributed by atoms with Gasteiger partial charge in [0.15, 0.2) is 0 Å². The summed E-state index contributed by atoms with van der Waals surface area (Å²) < 4.78 is 6.18. The minimum atomic E-state index is -0.00624. The largest absolute Gasteiger partial charge is 0.335 e. The van der Waals surface area contributed by atoms with Gasteiger partial charge < -0.3 is 0 Å². The normalized spacial score (nSPS) is 12.8. The van der Waals surface area contributed by atoms with E-state index < -0.39 is 0 Å². The molecule has 1 aromatic heterocycles. The first-order valence-electron chi connectivity index (χ1n) is 8.29. The second kappa shape index (κ2) is 6.31.